The van der Waals surface area contributed by atoms with Crippen LogP contribution in [0.4, 0.5) is 17.6 Å². The van der Waals surface area contributed by atoms with Gasteiger partial charge in [0.15, 0.2) is 10.6 Å². The second kappa shape index (κ2) is 6.39. The fourth-order valence-corrected chi connectivity index (χ4v) is 3.51. The smallest absolute Gasteiger partial charge is 0.404 e. The van der Waals surface area contributed by atoms with Crippen LogP contribution in [0.3, 0.4) is 0 Å². The highest BCUT2D eigenvalue weighted by Crippen LogP contribution is 2.31. The summed E-state index contributed by atoms with van der Waals surface area (Å²) in [7, 11) is -4.52. The lowest BCUT2D eigenvalue weighted by atomic mass is 10.1. The Morgan fingerprint density at radius 1 is 1.32 bits per heavy atom. The van der Waals surface area contributed by atoms with Crippen LogP contribution in [0.25, 0.3) is 0 Å². The Balaban J connectivity index is 2.32. The first-order valence-corrected chi connectivity index (χ1v) is 7.82. The normalized spacial score (nSPS) is 19.9. The van der Waals surface area contributed by atoms with Gasteiger partial charge < -0.3 is 9.47 Å². The van der Waals surface area contributed by atoms with Crippen LogP contribution >= 0.6 is 0 Å². The quantitative estimate of drug-likeness (QED) is 0.851. The predicted octanol–water partition coefficient (Wildman–Crippen LogP) is 2.18. The van der Waals surface area contributed by atoms with Gasteiger partial charge in [-0.25, -0.2) is 17.5 Å². The molecule has 0 saturated carbocycles. The van der Waals surface area contributed by atoms with Gasteiger partial charge in [0.25, 0.3) is 0 Å². The minimum atomic E-state index is -5.13. The minimum Gasteiger partial charge on any atom is -0.404 e. The van der Waals surface area contributed by atoms with E-state index in [4.69, 9.17) is 4.74 Å². The molecule has 1 aliphatic heterocycles. The van der Waals surface area contributed by atoms with Gasteiger partial charge in [0.2, 0.25) is 10.0 Å². The van der Waals surface area contributed by atoms with Crippen LogP contribution in [0.15, 0.2) is 23.1 Å². The standard InChI is InChI=1S/C12H13F4NO4S/c13-9-4-1-5-10(21-12(14,15)16)11(9)22(18,19)17-8-3-2-6-20-7-8/h1,4-5,8,17H,2-3,6-7H2/t8-/m1/s1. The number of hydrogen-bond acceptors (Lipinski definition) is 4. The van der Waals surface area contributed by atoms with Crippen molar-refractivity contribution >= 4 is 10.0 Å². The molecule has 0 amide bonds. The molecule has 5 nitrogen and oxygen atoms in total. The number of ether oxygens (including phenoxy) is 2. The Labute approximate surface area is 124 Å². The van der Waals surface area contributed by atoms with Gasteiger partial charge in [-0.05, 0) is 25.0 Å². The van der Waals surface area contributed by atoms with E-state index < -0.39 is 38.9 Å². The summed E-state index contributed by atoms with van der Waals surface area (Å²) in [6.07, 6.45) is -4.09. The minimum absolute atomic E-state index is 0.0726. The molecular weight excluding hydrogens is 330 g/mol. The topological polar surface area (TPSA) is 64.6 Å². The zero-order valence-corrected chi connectivity index (χ0v) is 12.0. The zero-order valence-electron chi connectivity index (χ0n) is 11.2. The van der Waals surface area contributed by atoms with Gasteiger partial charge in [0, 0.05) is 12.6 Å². The fourth-order valence-electron chi connectivity index (χ4n) is 2.07. The van der Waals surface area contributed by atoms with E-state index >= 15 is 0 Å². The van der Waals surface area contributed by atoms with Crippen LogP contribution in [-0.2, 0) is 14.8 Å². The molecule has 0 radical (unpaired) electrons. The summed E-state index contributed by atoms with van der Waals surface area (Å²) in [5, 5.41) is 0. The molecule has 0 bridgehead atoms. The van der Waals surface area contributed by atoms with Crippen LogP contribution in [0.1, 0.15) is 12.8 Å². The summed E-state index contributed by atoms with van der Waals surface area (Å²) in [4.78, 5) is -1.17. The van der Waals surface area contributed by atoms with Crippen LogP contribution in [-0.4, -0.2) is 34.0 Å². The number of halogens is 4. The second-order valence-corrected chi connectivity index (χ2v) is 6.30. The third-order valence-corrected chi connectivity index (χ3v) is 4.48. The van der Waals surface area contributed by atoms with Gasteiger partial charge in [-0.3, -0.25) is 0 Å². The van der Waals surface area contributed by atoms with Crippen LogP contribution in [0, 0.1) is 5.82 Å². The summed E-state index contributed by atoms with van der Waals surface area (Å²) < 4.78 is 85.9. The van der Waals surface area contributed by atoms with Crippen molar-refractivity contribution in [1.29, 1.82) is 0 Å². The monoisotopic (exact) mass is 343 g/mol. The molecule has 0 spiro atoms. The molecule has 1 N–H and O–H groups in total. The van der Waals surface area contributed by atoms with Crippen LogP contribution in [0.2, 0.25) is 0 Å². The van der Waals surface area contributed by atoms with Crippen molar-refractivity contribution in [2.45, 2.75) is 30.1 Å². The van der Waals surface area contributed by atoms with Crippen molar-refractivity contribution in [3.8, 4) is 5.75 Å². The van der Waals surface area contributed by atoms with E-state index in [1.165, 1.54) is 0 Å². The van der Waals surface area contributed by atoms with Crippen molar-refractivity contribution < 1.29 is 35.5 Å². The highest BCUT2D eigenvalue weighted by molar-refractivity contribution is 7.89. The van der Waals surface area contributed by atoms with E-state index in [0.717, 1.165) is 18.2 Å². The van der Waals surface area contributed by atoms with Crippen molar-refractivity contribution in [3.05, 3.63) is 24.0 Å². The first-order valence-electron chi connectivity index (χ1n) is 6.33. The van der Waals surface area contributed by atoms with Crippen LogP contribution < -0.4 is 9.46 Å². The molecule has 1 aromatic rings. The average Bonchev–Trinajstić information content (AvgIpc) is 2.36. The Kier molecular flexibility index (Phi) is 4.93. The molecular formula is C12H13F4NO4S. The lowest BCUT2D eigenvalue weighted by Crippen LogP contribution is -2.41. The first-order chi connectivity index (χ1) is 10.2. The van der Waals surface area contributed by atoms with Crippen LogP contribution in [0.5, 0.6) is 5.75 Å². The highest BCUT2D eigenvalue weighted by atomic mass is 32.2. The molecule has 22 heavy (non-hydrogen) atoms. The number of benzene rings is 1. The molecule has 1 heterocycles. The third kappa shape index (κ3) is 4.31. The Morgan fingerprint density at radius 3 is 2.64 bits per heavy atom. The molecule has 0 aromatic heterocycles. The second-order valence-electron chi connectivity index (χ2n) is 4.65. The maximum absolute atomic E-state index is 13.8. The number of sulfonamides is 1. The average molecular weight is 343 g/mol. The molecule has 1 aliphatic rings. The largest absolute Gasteiger partial charge is 0.573 e. The van der Waals surface area contributed by atoms with Crippen molar-refractivity contribution in [2.75, 3.05) is 13.2 Å². The maximum atomic E-state index is 13.8. The van der Waals surface area contributed by atoms with Gasteiger partial charge in [-0.2, -0.15) is 0 Å². The highest BCUT2D eigenvalue weighted by Gasteiger charge is 2.36. The molecule has 10 heteroatoms. The molecule has 0 unspecified atom stereocenters. The van der Waals surface area contributed by atoms with E-state index in [9.17, 15) is 26.0 Å². The van der Waals surface area contributed by atoms with E-state index in [0.29, 0.717) is 19.4 Å². The van der Waals surface area contributed by atoms with E-state index in [1.807, 2.05) is 0 Å². The summed E-state index contributed by atoms with van der Waals surface area (Å²) in [5.41, 5.74) is 0. The molecule has 1 saturated heterocycles. The zero-order chi connectivity index (χ0) is 16.4. The number of hydrogen-bond donors (Lipinski definition) is 1. The van der Waals surface area contributed by atoms with Gasteiger partial charge in [0.1, 0.15) is 5.82 Å². The third-order valence-electron chi connectivity index (χ3n) is 2.91. The lowest BCUT2D eigenvalue weighted by Gasteiger charge is -2.23. The Bertz CT molecular complexity index is 627. The number of alkyl halides is 3. The molecule has 1 aromatic carbocycles. The van der Waals surface area contributed by atoms with Crippen molar-refractivity contribution in [2.24, 2.45) is 0 Å². The maximum Gasteiger partial charge on any atom is 0.573 e. The lowest BCUT2D eigenvalue weighted by molar-refractivity contribution is -0.275. The predicted molar refractivity (Wildman–Crippen MR) is 67.2 cm³/mol. The Hall–Kier alpha value is -1.39. The fraction of sp³-hybridized carbons (Fsp3) is 0.500. The molecule has 2 rings (SSSR count). The summed E-state index contributed by atoms with van der Waals surface area (Å²) in [5.74, 6) is -2.44. The van der Waals surface area contributed by atoms with Gasteiger partial charge in [0.05, 0.1) is 6.61 Å². The van der Waals surface area contributed by atoms with E-state index in [-0.39, 0.29) is 6.61 Å². The van der Waals surface area contributed by atoms with Gasteiger partial charge >= 0.3 is 6.36 Å². The van der Waals surface area contributed by atoms with Crippen molar-refractivity contribution in [3.63, 3.8) is 0 Å². The number of rotatable bonds is 4. The van der Waals surface area contributed by atoms with E-state index in [1.54, 1.807) is 0 Å². The molecule has 1 atom stereocenters. The molecule has 124 valence electrons. The van der Waals surface area contributed by atoms with Gasteiger partial charge in [-0.15, -0.1) is 13.2 Å². The summed E-state index contributed by atoms with van der Waals surface area (Å²) in [6.45, 7) is 0.545. The summed E-state index contributed by atoms with van der Waals surface area (Å²) >= 11 is 0. The van der Waals surface area contributed by atoms with E-state index in [2.05, 4.69) is 9.46 Å². The van der Waals surface area contributed by atoms with Crippen molar-refractivity contribution in [1.82, 2.24) is 4.72 Å². The number of nitrogens with one attached hydrogen (secondary N) is 1. The first kappa shape index (κ1) is 17.0. The molecule has 1 fully saturated rings. The SMILES string of the molecule is O=S(=O)(N[C@@H]1CCCOC1)c1c(F)cccc1OC(F)(F)F. The van der Waals surface area contributed by atoms with Gasteiger partial charge in [-0.1, -0.05) is 6.07 Å². The summed E-state index contributed by atoms with van der Waals surface area (Å²) in [6, 6.07) is 1.79. The molecule has 0 aliphatic carbocycles. The Morgan fingerprint density at radius 2 is 2.05 bits per heavy atom.